The number of piperidine rings is 1. The number of halogens is 3. The molecule has 4 aromatic rings. The molecule has 0 amide bonds. The molecule has 1 saturated carbocycles. The van der Waals surface area contributed by atoms with Gasteiger partial charge in [-0.25, -0.2) is 4.52 Å². The van der Waals surface area contributed by atoms with E-state index in [1.807, 2.05) is 6.92 Å². The smallest absolute Gasteiger partial charge is 0.361 e. The standard InChI is InChI=1S/C24H23F3N6S/c1-14-11-20(34-31-14)32-12-15-8-9-16(13-32)21(15)28-23-29-22-18(6-4-10-33(22)30-23)17-5-2-3-7-19(17)24(25,26)27/h2-7,10-11,15-16,21H,8-9,12-13H2,1H3,(H,28,30)/t15-,16+,21?. The molecule has 6 rings (SSSR count). The van der Waals surface area contributed by atoms with Gasteiger partial charge in [-0.1, -0.05) is 18.2 Å². The first-order chi connectivity index (χ1) is 16.4. The molecule has 10 heteroatoms. The maximum Gasteiger partial charge on any atom is 0.417 e. The minimum Gasteiger partial charge on any atom is -0.361 e. The van der Waals surface area contributed by atoms with Crippen LogP contribution in [-0.4, -0.2) is 38.1 Å². The summed E-state index contributed by atoms with van der Waals surface area (Å²) in [5, 5.41) is 9.30. The summed E-state index contributed by atoms with van der Waals surface area (Å²) in [4.78, 5) is 7.06. The van der Waals surface area contributed by atoms with Crippen LogP contribution in [0.5, 0.6) is 0 Å². The van der Waals surface area contributed by atoms with Crippen molar-refractivity contribution in [2.45, 2.75) is 32.0 Å². The zero-order valence-corrected chi connectivity index (χ0v) is 19.3. The highest BCUT2D eigenvalue weighted by atomic mass is 32.1. The summed E-state index contributed by atoms with van der Waals surface area (Å²) < 4.78 is 46.9. The molecule has 2 bridgehead atoms. The van der Waals surface area contributed by atoms with Crippen LogP contribution in [0.25, 0.3) is 16.8 Å². The van der Waals surface area contributed by atoms with Crippen LogP contribution in [0.3, 0.4) is 0 Å². The number of fused-ring (bicyclic) bond motifs is 3. The van der Waals surface area contributed by atoms with Gasteiger partial charge in [-0.15, -0.1) is 5.10 Å². The van der Waals surface area contributed by atoms with Crippen LogP contribution in [0.2, 0.25) is 0 Å². The Bertz CT molecular complexity index is 1330. The molecule has 1 unspecified atom stereocenters. The maximum absolute atomic E-state index is 13.6. The Labute approximate surface area is 198 Å². The van der Waals surface area contributed by atoms with Crippen molar-refractivity contribution in [2.24, 2.45) is 11.8 Å². The molecule has 6 nitrogen and oxygen atoms in total. The van der Waals surface area contributed by atoms with Gasteiger partial charge in [-0.05, 0) is 73.0 Å². The summed E-state index contributed by atoms with van der Waals surface area (Å²) in [5.74, 6) is 1.37. The molecule has 0 spiro atoms. The summed E-state index contributed by atoms with van der Waals surface area (Å²) in [5.41, 5.74) is 1.29. The number of rotatable bonds is 4. The van der Waals surface area contributed by atoms with Crippen molar-refractivity contribution in [1.82, 2.24) is 19.0 Å². The van der Waals surface area contributed by atoms with E-state index < -0.39 is 11.7 Å². The molecule has 1 aromatic carbocycles. The number of nitrogens with zero attached hydrogens (tertiary/aromatic N) is 5. The molecule has 1 saturated heterocycles. The molecule has 2 aliphatic rings. The molecule has 0 radical (unpaired) electrons. The number of nitrogens with one attached hydrogen (secondary N) is 1. The fourth-order valence-electron chi connectivity index (χ4n) is 5.43. The van der Waals surface area contributed by atoms with Gasteiger partial charge in [0, 0.05) is 30.9 Å². The normalized spacial score (nSPS) is 22.5. The summed E-state index contributed by atoms with van der Waals surface area (Å²) in [7, 11) is 0. The minimum atomic E-state index is -4.45. The third kappa shape index (κ3) is 3.70. The van der Waals surface area contributed by atoms with Gasteiger partial charge in [0.2, 0.25) is 5.95 Å². The van der Waals surface area contributed by atoms with E-state index in [0.717, 1.165) is 37.7 Å². The second kappa shape index (κ2) is 7.97. The molecule has 1 aliphatic heterocycles. The second-order valence-electron chi connectivity index (χ2n) is 9.15. The largest absolute Gasteiger partial charge is 0.417 e. The quantitative estimate of drug-likeness (QED) is 0.414. The van der Waals surface area contributed by atoms with E-state index in [1.54, 1.807) is 40.4 Å². The topological polar surface area (TPSA) is 58.4 Å². The highest BCUT2D eigenvalue weighted by Gasteiger charge is 2.43. The number of hydrogen-bond donors (Lipinski definition) is 1. The predicted octanol–water partition coefficient (Wildman–Crippen LogP) is 5.51. The summed E-state index contributed by atoms with van der Waals surface area (Å²) in [6.07, 6.45) is -0.465. The first kappa shape index (κ1) is 21.4. The van der Waals surface area contributed by atoms with Gasteiger partial charge in [-0.2, -0.15) is 22.5 Å². The Balaban J connectivity index is 1.29. The molecular weight excluding hydrogens is 461 g/mol. The van der Waals surface area contributed by atoms with Gasteiger partial charge < -0.3 is 10.2 Å². The highest BCUT2D eigenvalue weighted by Crippen LogP contribution is 2.41. The lowest BCUT2D eigenvalue weighted by atomic mass is 9.92. The number of aromatic nitrogens is 4. The van der Waals surface area contributed by atoms with Crippen LogP contribution >= 0.6 is 11.5 Å². The van der Waals surface area contributed by atoms with Gasteiger partial charge in [0.05, 0.1) is 11.3 Å². The lowest BCUT2D eigenvalue weighted by molar-refractivity contribution is -0.137. The van der Waals surface area contributed by atoms with Crippen molar-refractivity contribution < 1.29 is 13.2 Å². The first-order valence-electron chi connectivity index (χ1n) is 11.3. The first-order valence-corrected chi connectivity index (χ1v) is 12.1. The van der Waals surface area contributed by atoms with Gasteiger partial charge in [0.1, 0.15) is 5.00 Å². The fraction of sp³-hybridized carbons (Fsp3) is 0.375. The Hall–Kier alpha value is -3.14. The average Bonchev–Trinajstić information content (AvgIpc) is 3.48. The summed E-state index contributed by atoms with van der Waals surface area (Å²) in [6, 6.07) is 11.3. The number of aryl methyl sites for hydroxylation is 1. The van der Waals surface area contributed by atoms with Gasteiger partial charge in [-0.3, -0.25) is 0 Å². The second-order valence-corrected chi connectivity index (χ2v) is 9.93. The highest BCUT2D eigenvalue weighted by molar-refractivity contribution is 7.10. The van der Waals surface area contributed by atoms with Gasteiger partial charge in [0.25, 0.3) is 0 Å². The van der Waals surface area contributed by atoms with Gasteiger partial charge in [0.15, 0.2) is 5.65 Å². The molecular formula is C24H23F3N6S. The average molecular weight is 485 g/mol. The Morgan fingerprint density at radius 3 is 2.47 bits per heavy atom. The van der Waals surface area contributed by atoms with Crippen molar-refractivity contribution in [3.8, 4) is 11.1 Å². The van der Waals surface area contributed by atoms with Crippen molar-refractivity contribution in [1.29, 1.82) is 0 Å². The Kier molecular flexibility index (Phi) is 5.02. The van der Waals surface area contributed by atoms with Crippen molar-refractivity contribution in [3.05, 3.63) is 59.9 Å². The zero-order chi connectivity index (χ0) is 23.4. The molecule has 4 heterocycles. The van der Waals surface area contributed by atoms with E-state index >= 15 is 0 Å². The summed E-state index contributed by atoms with van der Waals surface area (Å²) in [6.45, 7) is 3.92. The van der Waals surface area contributed by atoms with Gasteiger partial charge >= 0.3 is 6.18 Å². The molecule has 3 aromatic heterocycles. The SMILES string of the molecule is Cc1cc(N2C[C@H]3CC[C@@H](C2)C3Nc2nc3c(-c4ccccc4C(F)(F)F)cccn3n2)sn1. The van der Waals surface area contributed by atoms with Crippen LogP contribution < -0.4 is 10.2 Å². The minimum absolute atomic E-state index is 0.104. The number of pyridine rings is 1. The van der Waals surface area contributed by atoms with Crippen molar-refractivity contribution >= 4 is 28.1 Å². The molecule has 176 valence electrons. The van der Waals surface area contributed by atoms with Crippen molar-refractivity contribution in [3.63, 3.8) is 0 Å². The molecule has 34 heavy (non-hydrogen) atoms. The van der Waals surface area contributed by atoms with Crippen LogP contribution in [0.15, 0.2) is 48.7 Å². The third-order valence-electron chi connectivity index (χ3n) is 6.94. The monoisotopic (exact) mass is 484 g/mol. The van der Waals surface area contributed by atoms with E-state index in [-0.39, 0.29) is 11.6 Å². The van der Waals surface area contributed by atoms with E-state index in [4.69, 9.17) is 0 Å². The van der Waals surface area contributed by atoms with Crippen LogP contribution in [0.4, 0.5) is 24.1 Å². The molecule has 2 fully saturated rings. The Morgan fingerprint density at radius 1 is 1.03 bits per heavy atom. The van der Waals surface area contributed by atoms with E-state index in [0.29, 0.717) is 29.0 Å². The number of benzene rings is 1. The van der Waals surface area contributed by atoms with Crippen LogP contribution in [0, 0.1) is 18.8 Å². The summed E-state index contributed by atoms with van der Waals surface area (Å²) >= 11 is 1.55. The van der Waals surface area contributed by atoms with E-state index in [1.165, 1.54) is 17.1 Å². The lowest BCUT2D eigenvalue weighted by Crippen LogP contribution is -2.48. The van der Waals surface area contributed by atoms with E-state index in [9.17, 15) is 13.2 Å². The van der Waals surface area contributed by atoms with Crippen molar-refractivity contribution in [2.75, 3.05) is 23.3 Å². The lowest BCUT2D eigenvalue weighted by Gasteiger charge is -2.38. The van der Waals surface area contributed by atoms with Crippen LogP contribution in [-0.2, 0) is 6.18 Å². The molecule has 3 atom stereocenters. The number of anilines is 2. The molecule has 1 aliphatic carbocycles. The van der Waals surface area contributed by atoms with E-state index in [2.05, 4.69) is 30.7 Å². The fourth-order valence-corrected chi connectivity index (χ4v) is 6.21. The predicted molar refractivity (Wildman–Crippen MR) is 126 cm³/mol. The van der Waals surface area contributed by atoms with Crippen LogP contribution in [0.1, 0.15) is 24.1 Å². The number of alkyl halides is 3. The molecule has 1 N–H and O–H groups in total. The Morgan fingerprint density at radius 2 is 1.76 bits per heavy atom. The number of hydrogen-bond acceptors (Lipinski definition) is 6. The third-order valence-corrected chi connectivity index (χ3v) is 7.88. The zero-order valence-electron chi connectivity index (χ0n) is 18.5. The maximum atomic E-state index is 13.6.